The van der Waals surface area contributed by atoms with E-state index in [1.165, 1.54) is 17.0 Å². The maximum absolute atomic E-state index is 13.7. The van der Waals surface area contributed by atoms with Crippen molar-refractivity contribution in [2.45, 2.75) is 32.1 Å². The molecule has 7 nitrogen and oxygen atoms in total. The van der Waals surface area contributed by atoms with Gasteiger partial charge in [0.05, 0.1) is 47.0 Å². The van der Waals surface area contributed by atoms with Crippen LogP contribution in [0.4, 0.5) is 29.3 Å². The third-order valence-electron chi connectivity index (χ3n) is 6.67. The molecular weight excluding hydrogens is 507 g/mol. The molecule has 11 heteroatoms. The lowest BCUT2D eigenvalue weighted by Crippen LogP contribution is -2.56. The third-order valence-corrected chi connectivity index (χ3v) is 6.91. The van der Waals surface area contributed by atoms with E-state index in [1.807, 2.05) is 38.1 Å². The number of carbonyl (C=O) groups excluding carboxylic acids is 1. The summed E-state index contributed by atoms with van der Waals surface area (Å²) in [4.78, 5) is 27.1. The molecule has 0 radical (unpaired) electrons. The number of alkyl halides is 3. The molecule has 0 bridgehead atoms. The predicted octanol–water partition coefficient (Wildman–Crippen LogP) is 5.73. The van der Waals surface area contributed by atoms with Gasteiger partial charge in [-0.3, -0.25) is 9.88 Å². The molecule has 1 aromatic carbocycles. The first-order chi connectivity index (χ1) is 17.7. The van der Waals surface area contributed by atoms with Crippen molar-refractivity contribution in [1.29, 1.82) is 0 Å². The van der Waals surface area contributed by atoms with Crippen LogP contribution in [0.25, 0.3) is 11.3 Å². The van der Waals surface area contributed by atoms with Crippen LogP contribution in [0.15, 0.2) is 54.9 Å². The Morgan fingerprint density at radius 1 is 1.08 bits per heavy atom. The molecule has 0 N–H and O–H groups in total. The largest absolute Gasteiger partial charge is 0.477 e. The van der Waals surface area contributed by atoms with E-state index >= 15 is 0 Å². The summed E-state index contributed by atoms with van der Waals surface area (Å²) in [7, 11) is 0. The molecule has 194 valence electrons. The fourth-order valence-electron chi connectivity index (χ4n) is 4.96. The van der Waals surface area contributed by atoms with E-state index in [0.717, 1.165) is 23.0 Å². The van der Waals surface area contributed by atoms with Crippen LogP contribution < -0.4 is 14.5 Å². The monoisotopic (exact) mass is 531 g/mol. The van der Waals surface area contributed by atoms with Gasteiger partial charge in [-0.1, -0.05) is 11.6 Å². The van der Waals surface area contributed by atoms with Crippen molar-refractivity contribution in [1.82, 2.24) is 14.9 Å². The molecule has 2 saturated heterocycles. The summed E-state index contributed by atoms with van der Waals surface area (Å²) in [5.41, 5.74) is 1.28. The number of anilines is 2. The summed E-state index contributed by atoms with van der Waals surface area (Å²) >= 11 is 5.83. The molecule has 2 aliphatic heterocycles. The minimum absolute atomic E-state index is 0.0316. The lowest BCUT2D eigenvalue weighted by atomic mass is 10.1. The second-order valence-electron chi connectivity index (χ2n) is 9.05. The van der Waals surface area contributed by atoms with Gasteiger partial charge in [0.2, 0.25) is 5.88 Å². The molecule has 2 fully saturated rings. The highest BCUT2D eigenvalue weighted by Gasteiger charge is 2.46. The number of aromatic nitrogens is 2. The predicted molar refractivity (Wildman–Crippen MR) is 135 cm³/mol. The zero-order valence-corrected chi connectivity index (χ0v) is 21.0. The van der Waals surface area contributed by atoms with Crippen molar-refractivity contribution in [3.05, 3.63) is 65.4 Å². The average molecular weight is 532 g/mol. The summed E-state index contributed by atoms with van der Waals surface area (Å²) in [5, 5.41) is -0.0316. The lowest BCUT2D eigenvalue weighted by Gasteiger charge is -2.42. The molecule has 2 aliphatic rings. The number of fused-ring (bicyclic) bond motifs is 1. The second kappa shape index (κ2) is 9.74. The summed E-state index contributed by atoms with van der Waals surface area (Å²) in [6.45, 7) is 5.36. The van der Waals surface area contributed by atoms with Gasteiger partial charge in [0, 0.05) is 36.9 Å². The topological polar surface area (TPSA) is 61.8 Å². The maximum Gasteiger partial charge on any atom is 0.418 e. The van der Waals surface area contributed by atoms with Crippen molar-refractivity contribution in [3.63, 3.8) is 0 Å². The van der Waals surface area contributed by atoms with Crippen molar-refractivity contribution in [3.8, 4) is 17.1 Å². The zero-order chi connectivity index (χ0) is 26.3. The number of piperazine rings is 1. The van der Waals surface area contributed by atoms with Crippen molar-refractivity contribution >= 4 is 29.0 Å². The number of hydrogen-bond acceptors (Lipinski definition) is 5. The molecule has 0 aliphatic carbocycles. The number of hydrogen-bond donors (Lipinski definition) is 0. The van der Waals surface area contributed by atoms with Crippen LogP contribution >= 0.6 is 11.6 Å². The number of amides is 2. The zero-order valence-electron chi connectivity index (χ0n) is 20.2. The van der Waals surface area contributed by atoms with Crippen molar-refractivity contribution < 1.29 is 22.7 Å². The van der Waals surface area contributed by atoms with Crippen LogP contribution in [-0.2, 0) is 6.18 Å². The molecule has 4 heterocycles. The Hall–Kier alpha value is -3.53. The number of nitrogens with zero attached hydrogens (tertiary/aromatic N) is 5. The highest BCUT2D eigenvalue weighted by Crippen LogP contribution is 2.41. The first kappa shape index (κ1) is 25.1. The van der Waals surface area contributed by atoms with Crippen molar-refractivity contribution in [2.24, 2.45) is 0 Å². The van der Waals surface area contributed by atoms with E-state index in [0.29, 0.717) is 25.6 Å². The Bertz CT molecular complexity index is 1300. The number of pyridine rings is 2. The summed E-state index contributed by atoms with van der Waals surface area (Å²) in [6, 6.07) is 10.3. The van der Waals surface area contributed by atoms with E-state index in [-0.39, 0.29) is 29.3 Å². The Balaban J connectivity index is 1.37. The van der Waals surface area contributed by atoms with E-state index in [1.54, 1.807) is 17.3 Å². The maximum atomic E-state index is 13.7. The normalized spacial score (nSPS) is 19.8. The fraction of sp³-hybridized carbons (Fsp3) is 0.346. The minimum atomic E-state index is -4.63. The van der Waals surface area contributed by atoms with Gasteiger partial charge in [-0.25, -0.2) is 9.78 Å². The van der Waals surface area contributed by atoms with Gasteiger partial charge in [-0.2, -0.15) is 13.2 Å². The minimum Gasteiger partial charge on any atom is -0.477 e. The van der Waals surface area contributed by atoms with E-state index < -0.39 is 17.8 Å². The van der Waals surface area contributed by atoms with Gasteiger partial charge in [0.1, 0.15) is 0 Å². The van der Waals surface area contributed by atoms with E-state index in [9.17, 15) is 18.0 Å². The molecule has 2 amide bonds. The highest BCUT2D eigenvalue weighted by molar-refractivity contribution is 6.30. The van der Waals surface area contributed by atoms with Crippen LogP contribution in [0.2, 0.25) is 5.02 Å². The van der Waals surface area contributed by atoms with E-state index in [4.69, 9.17) is 16.3 Å². The van der Waals surface area contributed by atoms with Gasteiger partial charge in [-0.05, 0) is 56.3 Å². The van der Waals surface area contributed by atoms with Crippen LogP contribution in [0.5, 0.6) is 5.88 Å². The molecule has 0 spiro atoms. The number of urea groups is 1. The lowest BCUT2D eigenvalue weighted by molar-refractivity contribution is -0.137. The second-order valence-corrected chi connectivity index (χ2v) is 9.49. The summed E-state index contributed by atoms with van der Waals surface area (Å²) in [6.07, 6.45) is -1.20. The number of rotatable bonds is 5. The number of carbonyl (C=O) groups is 1. The Morgan fingerprint density at radius 3 is 2.59 bits per heavy atom. The molecule has 0 saturated carbocycles. The molecule has 0 unspecified atom stereocenters. The Morgan fingerprint density at radius 2 is 1.89 bits per heavy atom. The molecular formula is C26H25ClF3N5O2. The van der Waals surface area contributed by atoms with E-state index in [2.05, 4.69) is 14.9 Å². The summed E-state index contributed by atoms with van der Waals surface area (Å²) < 4.78 is 46.7. The SMILES string of the molecule is CCOc1ncccc1-c1ccc(N2C[C@H]3CN(c4ccc(Cl)cc4C(F)(F)F)C(=O)N3C[C@H]2C)cn1. The molecule has 2 aromatic heterocycles. The quantitative estimate of drug-likeness (QED) is 0.420. The number of ether oxygens (including phenoxy) is 1. The summed E-state index contributed by atoms with van der Waals surface area (Å²) in [5.74, 6) is 0.511. The van der Waals surface area contributed by atoms with Gasteiger partial charge < -0.3 is 14.5 Å². The van der Waals surface area contributed by atoms with Gasteiger partial charge >= 0.3 is 12.2 Å². The average Bonchev–Trinajstić information content (AvgIpc) is 3.19. The molecule has 2 atom stereocenters. The van der Waals surface area contributed by atoms with Crippen LogP contribution in [-0.4, -0.2) is 59.2 Å². The Kier molecular flexibility index (Phi) is 6.61. The van der Waals surface area contributed by atoms with Crippen LogP contribution in [0.1, 0.15) is 19.4 Å². The standard InChI is InChI=1S/C26H25ClF3N5O2/c1-3-37-24-20(5-4-10-31-24)22-8-7-18(12-32-22)33-14-19-15-35(25(36)34(19)13-16(33)2)23-9-6-17(27)11-21(23)26(28,29)30/h4-12,16,19H,3,13-15H2,1-2H3/t16-,19+/m1/s1. The van der Waals surface area contributed by atoms with Crippen LogP contribution in [0, 0.1) is 0 Å². The van der Waals surface area contributed by atoms with Gasteiger partial charge in [0.15, 0.2) is 0 Å². The Labute approximate surface area is 217 Å². The number of halogens is 4. The molecule has 37 heavy (non-hydrogen) atoms. The fourth-order valence-corrected chi connectivity index (χ4v) is 5.13. The molecule has 3 aromatic rings. The number of benzene rings is 1. The van der Waals surface area contributed by atoms with Crippen molar-refractivity contribution in [2.75, 3.05) is 36.0 Å². The first-order valence-electron chi connectivity index (χ1n) is 11.9. The first-order valence-corrected chi connectivity index (χ1v) is 12.3. The molecule has 5 rings (SSSR count). The smallest absolute Gasteiger partial charge is 0.418 e. The van der Waals surface area contributed by atoms with Crippen LogP contribution in [0.3, 0.4) is 0 Å². The van der Waals surface area contributed by atoms with Gasteiger partial charge in [-0.15, -0.1) is 0 Å². The van der Waals surface area contributed by atoms with Gasteiger partial charge in [0.25, 0.3) is 0 Å². The third kappa shape index (κ3) is 4.77. The highest BCUT2D eigenvalue weighted by atomic mass is 35.5.